The Bertz CT molecular complexity index is 1180. The minimum absolute atomic E-state index is 0.277. The van der Waals surface area contributed by atoms with Gasteiger partial charge >= 0.3 is 6.18 Å². The molecule has 146 valence electrons. The average molecular weight is 395 g/mol. The molecule has 7 heteroatoms. The van der Waals surface area contributed by atoms with Crippen LogP contribution in [-0.2, 0) is 6.18 Å². The molecule has 0 atom stereocenters. The Labute approximate surface area is 164 Å². The number of rotatable bonds is 3. The van der Waals surface area contributed by atoms with E-state index in [4.69, 9.17) is 0 Å². The summed E-state index contributed by atoms with van der Waals surface area (Å²) in [6, 6.07) is 15.2. The summed E-state index contributed by atoms with van der Waals surface area (Å²) >= 11 is 0. The van der Waals surface area contributed by atoms with Crippen molar-refractivity contribution in [2.75, 3.05) is 5.32 Å². The third-order valence-electron chi connectivity index (χ3n) is 4.64. The van der Waals surface area contributed by atoms with Crippen molar-refractivity contribution in [1.29, 1.82) is 0 Å². The van der Waals surface area contributed by atoms with Gasteiger partial charge in [0.05, 0.1) is 11.3 Å². The van der Waals surface area contributed by atoms with E-state index in [2.05, 4.69) is 10.3 Å². The molecule has 1 amide bonds. The molecule has 0 saturated carbocycles. The lowest BCUT2D eigenvalue weighted by Crippen LogP contribution is -2.12. The molecule has 0 radical (unpaired) electrons. The Kier molecular flexibility index (Phi) is 4.58. The van der Waals surface area contributed by atoms with Crippen molar-refractivity contribution in [2.45, 2.75) is 13.1 Å². The quantitative estimate of drug-likeness (QED) is 0.492. The summed E-state index contributed by atoms with van der Waals surface area (Å²) in [5, 5.41) is 2.84. The monoisotopic (exact) mass is 395 g/mol. The second-order valence-corrected chi connectivity index (χ2v) is 6.65. The van der Waals surface area contributed by atoms with E-state index in [1.165, 1.54) is 12.1 Å². The van der Waals surface area contributed by atoms with E-state index in [1.54, 1.807) is 42.7 Å². The number of hydrogen-bond acceptors (Lipinski definition) is 2. The van der Waals surface area contributed by atoms with Crippen molar-refractivity contribution in [1.82, 2.24) is 9.38 Å². The molecule has 0 fully saturated rings. The number of aryl methyl sites for hydroxylation is 1. The molecule has 2 aromatic carbocycles. The lowest BCUT2D eigenvalue weighted by atomic mass is 10.0. The molecular weight excluding hydrogens is 379 g/mol. The minimum atomic E-state index is -4.36. The minimum Gasteiger partial charge on any atom is -0.321 e. The summed E-state index contributed by atoms with van der Waals surface area (Å²) in [5.41, 5.74) is 3.51. The fraction of sp³-hybridized carbons (Fsp3) is 0.0909. The fourth-order valence-electron chi connectivity index (χ4n) is 3.05. The maximum absolute atomic E-state index is 12.7. The summed E-state index contributed by atoms with van der Waals surface area (Å²) in [4.78, 5) is 16.8. The summed E-state index contributed by atoms with van der Waals surface area (Å²) < 4.78 is 39.9. The smallest absolute Gasteiger partial charge is 0.321 e. The highest BCUT2D eigenvalue weighted by Gasteiger charge is 2.29. The number of benzene rings is 2. The molecule has 0 aliphatic heterocycles. The number of carbonyl (C=O) groups is 1. The molecule has 1 N–H and O–H groups in total. The molecule has 0 aliphatic rings. The largest absolute Gasteiger partial charge is 0.416 e. The lowest BCUT2D eigenvalue weighted by molar-refractivity contribution is -0.137. The van der Waals surface area contributed by atoms with Crippen LogP contribution in [0.3, 0.4) is 0 Å². The van der Waals surface area contributed by atoms with Gasteiger partial charge in [0.1, 0.15) is 5.65 Å². The number of carbonyl (C=O) groups excluding carboxylic acids is 1. The zero-order chi connectivity index (χ0) is 20.6. The van der Waals surface area contributed by atoms with Crippen LogP contribution in [0.15, 0.2) is 73.1 Å². The van der Waals surface area contributed by atoms with Crippen LogP contribution in [0.5, 0.6) is 0 Å². The molecule has 29 heavy (non-hydrogen) atoms. The number of anilines is 1. The summed E-state index contributed by atoms with van der Waals surface area (Å²) in [6.45, 7) is 1.92. The van der Waals surface area contributed by atoms with Crippen LogP contribution >= 0.6 is 0 Å². The molecule has 0 aliphatic carbocycles. The van der Waals surface area contributed by atoms with Crippen LogP contribution in [0.25, 0.3) is 16.8 Å². The molecule has 0 spiro atoms. The van der Waals surface area contributed by atoms with Crippen LogP contribution in [0.4, 0.5) is 18.9 Å². The third-order valence-corrected chi connectivity index (χ3v) is 4.64. The highest BCUT2D eigenvalue weighted by atomic mass is 19.4. The molecule has 0 saturated heterocycles. The Morgan fingerprint density at radius 1 is 0.931 bits per heavy atom. The van der Waals surface area contributed by atoms with E-state index in [-0.39, 0.29) is 5.91 Å². The molecule has 4 rings (SSSR count). The van der Waals surface area contributed by atoms with Gasteiger partial charge in [-0.1, -0.05) is 24.3 Å². The standard InChI is InChI=1S/C22H16F3N3O/c1-14-12-26-20-11-10-19(13-28(14)20)27-21(29)17-4-2-15(3-5-17)16-6-8-18(9-7-16)22(23,24)25/h2-13H,1H3,(H,27,29). The topological polar surface area (TPSA) is 46.4 Å². The molecule has 4 nitrogen and oxygen atoms in total. The Morgan fingerprint density at radius 3 is 2.17 bits per heavy atom. The Hall–Kier alpha value is -3.61. The summed E-state index contributed by atoms with van der Waals surface area (Å²) in [5.74, 6) is -0.277. The number of aromatic nitrogens is 2. The predicted molar refractivity (Wildman–Crippen MR) is 105 cm³/mol. The van der Waals surface area contributed by atoms with Crippen molar-refractivity contribution in [3.63, 3.8) is 0 Å². The SMILES string of the molecule is Cc1cnc2ccc(NC(=O)c3ccc(-c4ccc(C(F)(F)F)cc4)cc3)cn12. The van der Waals surface area contributed by atoms with E-state index in [0.717, 1.165) is 29.0 Å². The Morgan fingerprint density at radius 2 is 1.55 bits per heavy atom. The van der Waals surface area contributed by atoms with Crippen LogP contribution in [0.1, 0.15) is 21.6 Å². The van der Waals surface area contributed by atoms with Gasteiger partial charge in [-0.25, -0.2) is 4.98 Å². The number of amides is 1. The highest BCUT2D eigenvalue weighted by molar-refractivity contribution is 6.04. The number of pyridine rings is 1. The first-order chi connectivity index (χ1) is 13.8. The number of imidazole rings is 1. The van der Waals surface area contributed by atoms with Crippen molar-refractivity contribution in [3.8, 4) is 11.1 Å². The van der Waals surface area contributed by atoms with E-state index in [9.17, 15) is 18.0 Å². The predicted octanol–water partition coefficient (Wildman–Crippen LogP) is 5.58. The maximum Gasteiger partial charge on any atom is 0.416 e. The van der Waals surface area contributed by atoms with Gasteiger partial charge in [0.25, 0.3) is 5.91 Å². The zero-order valence-electron chi connectivity index (χ0n) is 15.4. The lowest BCUT2D eigenvalue weighted by Gasteiger charge is -2.09. The second-order valence-electron chi connectivity index (χ2n) is 6.65. The van der Waals surface area contributed by atoms with Gasteiger partial charge in [0.15, 0.2) is 0 Å². The summed E-state index contributed by atoms with van der Waals surface area (Å²) in [7, 11) is 0. The van der Waals surface area contributed by atoms with Crippen molar-refractivity contribution in [3.05, 3.63) is 89.9 Å². The highest BCUT2D eigenvalue weighted by Crippen LogP contribution is 2.31. The van der Waals surface area contributed by atoms with E-state index < -0.39 is 11.7 Å². The third kappa shape index (κ3) is 3.85. The van der Waals surface area contributed by atoms with Gasteiger partial charge in [-0.2, -0.15) is 13.2 Å². The van der Waals surface area contributed by atoms with Crippen molar-refractivity contribution in [2.24, 2.45) is 0 Å². The van der Waals surface area contributed by atoms with Gasteiger partial charge < -0.3 is 9.72 Å². The van der Waals surface area contributed by atoms with Gasteiger partial charge in [0, 0.05) is 23.7 Å². The fourth-order valence-corrected chi connectivity index (χ4v) is 3.05. The molecule has 4 aromatic rings. The van der Waals surface area contributed by atoms with E-state index in [1.807, 2.05) is 17.4 Å². The van der Waals surface area contributed by atoms with Crippen LogP contribution in [-0.4, -0.2) is 15.3 Å². The number of halogens is 3. The molecule has 2 heterocycles. The van der Waals surface area contributed by atoms with Crippen molar-refractivity contribution < 1.29 is 18.0 Å². The number of nitrogens with one attached hydrogen (secondary N) is 1. The molecule has 0 bridgehead atoms. The van der Waals surface area contributed by atoms with Gasteiger partial charge in [-0.05, 0) is 54.4 Å². The number of alkyl halides is 3. The maximum atomic E-state index is 12.7. The first-order valence-corrected chi connectivity index (χ1v) is 8.84. The second kappa shape index (κ2) is 7.09. The van der Waals surface area contributed by atoms with Crippen LogP contribution in [0.2, 0.25) is 0 Å². The number of nitrogens with zero attached hydrogens (tertiary/aromatic N) is 2. The van der Waals surface area contributed by atoms with Crippen LogP contribution < -0.4 is 5.32 Å². The molecular formula is C22H16F3N3O. The number of fused-ring (bicyclic) bond motifs is 1. The average Bonchev–Trinajstić information content (AvgIpc) is 3.08. The van der Waals surface area contributed by atoms with E-state index in [0.29, 0.717) is 16.8 Å². The van der Waals surface area contributed by atoms with Crippen molar-refractivity contribution >= 4 is 17.2 Å². The first kappa shape index (κ1) is 18.7. The number of hydrogen-bond donors (Lipinski definition) is 1. The van der Waals surface area contributed by atoms with Gasteiger partial charge in [-0.3, -0.25) is 4.79 Å². The zero-order valence-corrected chi connectivity index (χ0v) is 15.4. The normalized spacial score (nSPS) is 11.6. The molecule has 2 aromatic heterocycles. The van der Waals surface area contributed by atoms with Gasteiger partial charge in [0.2, 0.25) is 0 Å². The van der Waals surface area contributed by atoms with Gasteiger partial charge in [-0.15, -0.1) is 0 Å². The molecule has 0 unspecified atom stereocenters. The Balaban J connectivity index is 1.50. The van der Waals surface area contributed by atoms with E-state index >= 15 is 0 Å². The van der Waals surface area contributed by atoms with Crippen LogP contribution in [0, 0.1) is 6.92 Å². The first-order valence-electron chi connectivity index (χ1n) is 8.84. The summed E-state index contributed by atoms with van der Waals surface area (Å²) in [6.07, 6.45) is -0.814.